The number of hydrogen-bond acceptors (Lipinski definition) is 2. The van der Waals surface area contributed by atoms with Gasteiger partial charge in [-0.15, -0.1) is 0 Å². The van der Waals surface area contributed by atoms with E-state index in [4.69, 9.17) is 0 Å². The number of amides is 1. The van der Waals surface area contributed by atoms with Crippen molar-refractivity contribution in [2.45, 2.75) is 66.1 Å². The van der Waals surface area contributed by atoms with E-state index in [0.29, 0.717) is 17.7 Å². The molecule has 1 heterocycles. The van der Waals surface area contributed by atoms with Gasteiger partial charge in [0.2, 0.25) is 5.91 Å². The molecule has 2 atom stereocenters. The van der Waals surface area contributed by atoms with Gasteiger partial charge in [0.05, 0.1) is 12.2 Å². The molecule has 1 fully saturated rings. The number of carbonyl (C=O) groups excluding carboxylic acids is 1. The minimum absolute atomic E-state index is 0.0466. The number of carbonyl (C=O) groups is 1. The maximum atomic E-state index is 12.3. The van der Waals surface area contributed by atoms with Crippen LogP contribution in [-0.2, 0) is 4.79 Å². The SMILES string of the molecule is CCCN1C(=O)C(CC(C)C)NC1CC(C)C. The van der Waals surface area contributed by atoms with E-state index in [1.165, 1.54) is 0 Å². The number of hydrogen-bond donors (Lipinski definition) is 1. The van der Waals surface area contributed by atoms with Crippen molar-refractivity contribution in [3.63, 3.8) is 0 Å². The molecule has 1 rings (SSSR count). The van der Waals surface area contributed by atoms with Crippen molar-refractivity contribution < 1.29 is 4.79 Å². The molecule has 1 aliphatic heterocycles. The average Bonchev–Trinajstić information content (AvgIpc) is 2.45. The molecular weight excluding hydrogens is 212 g/mol. The summed E-state index contributed by atoms with van der Waals surface area (Å²) in [6.45, 7) is 11.8. The Hall–Kier alpha value is -0.570. The Morgan fingerprint density at radius 1 is 1.18 bits per heavy atom. The summed E-state index contributed by atoms with van der Waals surface area (Å²) in [5, 5.41) is 3.51. The highest BCUT2D eigenvalue weighted by molar-refractivity contribution is 5.84. The molecule has 0 aromatic heterocycles. The normalized spacial score (nSPS) is 25.4. The summed E-state index contributed by atoms with van der Waals surface area (Å²) in [7, 11) is 0. The average molecular weight is 240 g/mol. The van der Waals surface area contributed by atoms with Crippen LogP contribution in [0.5, 0.6) is 0 Å². The van der Waals surface area contributed by atoms with Gasteiger partial charge in [-0.2, -0.15) is 0 Å². The first kappa shape index (κ1) is 14.5. The molecule has 0 radical (unpaired) electrons. The van der Waals surface area contributed by atoms with Gasteiger partial charge in [-0.1, -0.05) is 34.6 Å². The van der Waals surface area contributed by atoms with Crippen LogP contribution < -0.4 is 5.32 Å². The van der Waals surface area contributed by atoms with Gasteiger partial charge < -0.3 is 4.90 Å². The van der Waals surface area contributed by atoms with Gasteiger partial charge >= 0.3 is 0 Å². The standard InChI is InChI=1S/C14H28N2O/c1-6-7-16-13(9-11(4)5)15-12(14(16)17)8-10(2)3/h10-13,15H,6-9H2,1-5H3. The van der Waals surface area contributed by atoms with Crippen LogP contribution >= 0.6 is 0 Å². The summed E-state index contributed by atoms with van der Waals surface area (Å²) in [4.78, 5) is 14.3. The van der Waals surface area contributed by atoms with E-state index in [9.17, 15) is 4.79 Å². The first-order valence-electron chi connectivity index (χ1n) is 7.02. The van der Waals surface area contributed by atoms with Crippen LogP contribution in [0.15, 0.2) is 0 Å². The van der Waals surface area contributed by atoms with E-state index < -0.39 is 0 Å². The van der Waals surface area contributed by atoms with E-state index in [1.54, 1.807) is 0 Å². The predicted molar refractivity (Wildman–Crippen MR) is 71.6 cm³/mol. The Morgan fingerprint density at radius 3 is 2.24 bits per heavy atom. The second kappa shape index (κ2) is 6.39. The second-order valence-corrected chi connectivity index (χ2v) is 6.03. The quantitative estimate of drug-likeness (QED) is 0.774. The van der Waals surface area contributed by atoms with Crippen LogP contribution in [0.25, 0.3) is 0 Å². The third-order valence-corrected chi connectivity index (χ3v) is 3.22. The van der Waals surface area contributed by atoms with E-state index in [-0.39, 0.29) is 12.2 Å². The lowest BCUT2D eigenvalue weighted by atomic mass is 10.0. The zero-order chi connectivity index (χ0) is 13.0. The van der Waals surface area contributed by atoms with Gasteiger partial charge in [0.1, 0.15) is 0 Å². The number of nitrogens with zero attached hydrogens (tertiary/aromatic N) is 1. The summed E-state index contributed by atoms with van der Waals surface area (Å²) in [5.41, 5.74) is 0. The molecule has 0 aliphatic carbocycles. The second-order valence-electron chi connectivity index (χ2n) is 6.03. The monoisotopic (exact) mass is 240 g/mol. The maximum absolute atomic E-state index is 12.3. The molecule has 0 aromatic rings. The first-order valence-corrected chi connectivity index (χ1v) is 7.02. The fourth-order valence-electron chi connectivity index (χ4n) is 2.54. The van der Waals surface area contributed by atoms with Crippen LogP contribution in [0, 0.1) is 11.8 Å². The molecule has 1 aliphatic rings. The molecule has 0 spiro atoms. The number of nitrogens with one attached hydrogen (secondary N) is 1. The molecular formula is C14H28N2O. The highest BCUT2D eigenvalue weighted by atomic mass is 16.2. The molecule has 0 aromatic carbocycles. The number of rotatable bonds is 6. The maximum Gasteiger partial charge on any atom is 0.241 e. The van der Waals surface area contributed by atoms with Crippen LogP contribution in [-0.4, -0.2) is 29.6 Å². The molecule has 3 nitrogen and oxygen atoms in total. The van der Waals surface area contributed by atoms with Crippen molar-refractivity contribution >= 4 is 5.91 Å². The lowest BCUT2D eigenvalue weighted by Crippen LogP contribution is -2.38. The molecule has 1 saturated heterocycles. The van der Waals surface area contributed by atoms with Crippen LogP contribution in [0.3, 0.4) is 0 Å². The zero-order valence-electron chi connectivity index (χ0n) is 12.0. The minimum atomic E-state index is 0.0466. The summed E-state index contributed by atoms with van der Waals surface area (Å²) in [6, 6.07) is 0.0466. The van der Waals surface area contributed by atoms with Crippen molar-refractivity contribution in [3.05, 3.63) is 0 Å². The summed E-state index contributed by atoms with van der Waals surface area (Å²) in [5.74, 6) is 1.50. The van der Waals surface area contributed by atoms with E-state index in [1.807, 2.05) is 4.90 Å². The molecule has 0 bridgehead atoms. The summed E-state index contributed by atoms with van der Waals surface area (Å²) < 4.78 is 0. The Bertz CT molecular complexity index is 251. The molecule has 2 unspecified atom stereocenters. The third kappa shape index (κ3) is 3.98. The summed E-state index contributed by atoms with van der Waals surface area (Å²) >= 11 is 0. The first-order chi connectivity index (χ1) is 7.95. The van der Waals surface area contributed by atoms with E-state index >= 15 is 0 Å². The Kier molecular flexibility index (Phi) is 5.44. The van der Waals surface area contributed by atoms with Crippen molar-refractivity contribution in [2.24, 2.45) is 11.8 Å². The van der Waals surface area contributed by atoms with Crippen molar-refractivity contribution in [1.29, 1.82) is 0 Å². The van der Waals surface area contributed by atoms with Crippen molar-refractivity contribution in [3.8, 4) is 0 Å². The molecule has 17 heavy (non-hydrogen) atoms. The van der Waals surface area contributed by atoms with Gasteiger partial charge in [-0.25, -0.2) is 0 Å². The topological polar surface area (TPSA) is 32.3 Å². The van der Waals surface area contributed by atoms with Crippen LogP contribution in [0.2, 0.25) is 0 Å². The largest absolute Gasteiger partial charge is 0.326 e. The van der Waals surface area contributed by atoms with Crippen molar-refractivity contribution in [1.82, 2.24) is 10.2 Å². The fraction of sp³-hybridized carbons (Fsp3) is 0.929. The van der Waals surface area contributed by atoms with E-state index in [0.717, 1.165) is 25.8 Å². The predicted octanol–water partition coefficient (Wildman–Crippen LogP) is 2.62. The summed E-state index contributed by atoms with van der Waals surface area (Å²) in [6.07, 6.45) is 3.30. The minimum Gasteiger partial charge on any atom is -0.326 e. The fourth-order valence-corrected chi connectivity index (χ4v) is 2.54. The Balaban J connectivity index is 2.66. The van der Waals surface area contributed by atoms with E-state index in [2.05, 4.69) is 39.9 Å². The highest BCUT2D eigenvalue weighted by Gasteiger charge is 2.38. The zero-order valence-corrected chi connectivity index (χ0v) is 12.0. The molecule has 0 saturated carbocycles. The molecule has 1 amide bonds. The van der Waals surface area contributed by atoms with Crippen LogP contribution in [0.4, 0.5) is 0 Å². The van der Waals surface area contributed by atoms with Gasteiger partial charge in [-0.05, 0) is 31.1 Å². The van der Waals surface area contributed by atoms with Crippen molar-refractivity contribution in [2.75, 3.05) is 6.54 Å². The van der Waals surface area contributed by atoms with Gasteiger partial charge in [0, 0.05) is 6.54 Å². The van der Waals surface area contributed by atoms with Crippen LogP contribution in [0.1, 0.15) is 53.9 Å². The van der Waals surface area contributed by atoms with Gasteiger partial charge in [0.15, 0.2) is 0 Å². The lowest BCUT2D eigenvalue weighted by molar-refractivity contribution is -0.130. The Labute approximate surface area is 106 Å². The highest BCUT2D eigenvalue weighted by Crippen LogP contribution is 2.21. The molecule has 100 valence electrons. The third-order valence-electron chi connectivity index (χ3n) is 3.22. The molecule has 1 N–H and O–H groups in total. The smallest absolute Gasteiger partial charge is 0.241 e. The Morgan fingerprint density at radius 2 is 1.76 bits per heavy atom. The lowest BCUT2D eigenvalue weighted by Gasteiger charge is -2.25. The molecule has 3 heteroatoms. The van der Waals surface area contributed by atoms with Gasteiger partial charge in [-0.3, -0.25) is 10.1 Å². The van der Waals surface area contributed by atoms with Gasteiger partial charge in [0.25, 0.3) is 0 Å².